The Balaban J connectivity index is 0.000000250. The van der Waals surface area contributed by atoms with E-state index in [1.165, 1.54) is 0 Å². The molecule has 2 heteroatoms. The molecule has 0 saturated heterocycles. The van der Waals surface area contributed by atoms with Gasteiger partial charge in [0.25, 0.3) is 0 Å². The number of rotatable bonds is 0. The van der Waals surface area contributed by atoms with E-state index in [0.717, 1.165) is 0 Å². The van der Waals surface area contributed by atoms with E-state index in [1.807, 2.05) is 0 Å². The molecule has 0 aromatic rings. The Labute approximate surface area is 60.1 Å². The Bertz CT molecular complexity index is 65.6. The average molecular weight is 186 g/mol. The van der Waals surface area contributed by atoms with Crippen LogP contribution in [0.2, 0.25) is 0 Å². The van der Waals surface area contributed by atoms with Crippen LogP contribution in [0.4, 0.5) is 0 Å². The Morgan fingerprint density at radius 2 is 1.50 bits per heavy atom. The van der Waals surface area contributed by atoms with Gasteiger partial charge >= 0.3 is 41.5 Å². The molecule has 29 valence electrons. The van der Waals surface area contributed by atoms with Crippen LogP contribution in [0.15, 0.2) is 20.3 Å². The van der Waals surface area contributed by atoms with Gasteiger partial charge in [0, 0.05) is 18.9 Å². The van der Waals surface area contributed by atoms with Crippen molar-refractivity contribution < 1.29 is 21.2 Å². The zero-order chi connectivity index (χ0) is 3.54. The van der Waals surface area contributed by atoms with Crippen LogP contribution < -0.4 is 21.2 Å². The average Bonchev–Trinajstić information content (AvgIpc) is 1.76. The molecule has 1 radical (unpaired) electrons. The molecule has 1 aliphatic heterocycles. The molecule has 0 aliphatic carbocycles. The minimum atomic E-state index is 0. The van der Waals surface area contributed by atoms with Gasteiger partial charge in [-0.1, -0.05) is 0 Å². The zero-order valence-electron chi connectivity index (χ0n) is 3.69. The molecular weight excluding hydrogens is 182 g/mol. The summed E-state index contributed by atoms with van der Waals surface area (Å²) in [6.45, 7) is 0. The molecule has 0 bridgehead atoms. The SMILES string of the molecule is C1=C[I-]C=C1.[Li]. The molecule has 6 heavy (non-hydrogen) atoms. The van der Waals surface area contributed by atoms with Crippen LogP contribution >= 0.6 is 0 Å². The van der Waals surface area contributed by atoms with Gasteiger partial charge < -0.3 is 0 Å². The van der Waals surface area contributed by atoms with Gasteiger partial charge in [-0.15, -0.1) is 0 Å². The summed E-state index contributed by atoms with van der Waals surface area (Å²) < 4.78 is 4.47. The van der Waals surface area contributed by atoms with Gasteiger partial charge in [-0.2, -0.15) is 0 Å². The van der Waals surface area contributed by atoms with Crippen LogP contribution in [-0.2, 0) is 0 Å². The van der Waals surface area contributed by atoms with Gasteiger partial charge in [0.2, 0.25) is 0 Å². The van der Waals surface area contributed by atoms with Crippen molar-refractivity contribution in [3.05, 3.63) is 20.3 Å². The number of hydrogen-bond acceptors (Lipinski definition) is 0. The summed E-state index contributed by atoms with van der Waals surface area (Å²) in [7, 11) is 0. The van der Waals surface area contributed by atoms with E-state index in [4.69, 9.17) is 0 Å². The predicted molar refractivity (Wildman–Crippen MR) is 24.0 cm³/mol. The first kappa shape index (κ1) is 6.81. The molecule has 1 heterocycles. The Morgan fingerprint density at radius 3 is 1.67 bits per heavy atom. The van der Waals surface area contributed by atoms with Crippen molar-refractivity contribution in [2.75, 3.05) is 0 Å². The first-order valence-corrected chi connectivity index (χ1v) is 3.93. The minimum Gasteiger partial charge on any atom is 0 e. The van der Waals surface area contributed by atoms with Gasteiger partial charge in [0.05, 0.1) is 0 Å². The first-order chi connectivity index (χ1) is 2.50. The van der Waals surface area contributed by atoms with Crippen LogP contribution in [-0.4, -0.2) is 18.9 Å². The third-order valence-electron chi connectivity index (χ3n) is 0.402. The van der Waals surface area contributed by atoms with E-state index >= 15 is 0 Å². The van der Waals surface area contributed by atoms with Gasteiger partial charge in [-0.25, -0.2) is 0 Å². The van der Waals surface area contributed by atoms with E-state index in [0.29, 0.717) is 21.2 Å². The monoisotopic (exact) mass is 186 g/mol. The van der Waals surface area contributed by atoms with Crippen molar-refractivity contribution in [1.82, 2.24) is 0 Å². The Kier molecular flexibility index (Phi) is 4.52. The summed E-state index contributed by atoms with van der Waals surface area (Å²) >= 11 is 0.381. The van der Waals surface area contributed by atoms with Crippen molar-refractivity contribution in [1.29, 1.82) is 0 Å². The molecular formula is C4H4ILi-. The summed E-state index contributed by atoms with van der Waals surface area (Å²) in [5.74, 6) is 0. The summed E-state index contributed by atoms with van der Waals surface area (Å²) in [5, 5.41) is 0. The summed E-state index contributed by atoms with van der Waals surface area (Å²) in [6.07, 6.45) is 4.21. The molecule has 0 saturated carbocycles. The zero-order valence-corrected chi connectivity index (χ0v) is 5.84. The smallest absolute Gasteiger partial charge is 0 e. The fourth-order valence-corrected chi connectivity index (χ4v) is 1.41. The normalized spacial score (nSPS) is 16.0. The molecule has 1 aliphatic rings. The van der Waals surface area contributed by atoms with Crippen LogP contribution in [0.1, 0.15) is 0 Å². The van der Waals surface area contributed by atoms with E-state index in [2.05, 4.69) is 20.3 Å². The third kappa shape index (κ3) is 2.07. The predicted octanol–water partition coefficient (Wildman–Crippen LogP) is -2.26. The summed E-state index contributed by atoms with van der Waals surface area (Å²) in [4.78, 5) is 0. The maximum absolute atomic E-state index is 2.24. The second-order valence-electron chi connectivity index (χ2n) is 0.763. The quantitative estimate of drug-likeness (QED) is 0.295. The van der Waals surface area contributed by atoms with Crippen LogP contribution in [0, 0.1) is 0 Å². The fourth-order valence-electron chi connectivity index (χ4n) is 0.210. The minimum absolute atomic E-state index is 0. The molecule has 0 spiro atoms. The van der Waals surface area contributed by atoms with Crippen LogP contribution in [0.5, 0.6) is 0 Å². The molecule has 0 fully saturated rings. The van der Waals surface area contributed by atoms with Crippen molar-refractivity contribution in [3.8, 4) is 0 Å². The van der Waals surface area contributed by atoms with Gasteiger partial charge in [0.1, 0.15) is 0 Å². The first-order valence-electron chi connectivity index (χ1n) is 1.44. The summed E-state index contributed by atoms with van der Waals surface area (Å²) in [6, 6.07) is 0. The van der Waals surface area contributed by atoms with Crippen molar-refractivity contribution in [3.63, 3.8) is 0 Å². The van der Waals surface area contributed by atoms with Crippen molar-refractivity contribution in [2.24, 2.45) is 0 Å². The van der Waals surface area contributed by atoms with Crippen molar-refractivity contribution >= 4 is 18.9 Å². The molecule has 0 aromatic heterocycles. The van der Waals surface area contributed by atoms with Gasteiger partial charge in [-0.05, 0) is 0 Å². The van der Waals surface area contributed by atoms with Gasteiger partial charge in [0.15, 0.2) is 0 Å². The molecule has 1 rings (SSSR count). The van der Waals surface area contributed by atoms with E-state index in [1.54, 1.807) is 0 Å². The molecule has 0 amide bonds. The standard InChI is InChI=1S/C4H4I.Li/c1-2-4-5-3-1;/h1-4H;/q-1;. The van der Waals surface area contributed by atoms with Gasteiger partial charge in [-0.3, -0.25) is 0 Å². The number of allylic oxidation sites excluding steroid dienone is 2. The Morgan fingerprint density at radius 1 is 1.00 bits per heavy atom. The van der Waals surface area contributed by atoms with Crippen LogP contribution in [0.25, 0.3) is 0 Å². The maximum Gasteiger partial charge on any atom is 0 e. The number of hydrogen-bond donors (Lipinski definition) is 0. The van der Waals surface area contributed by atoms with E-state index < -0.39 is 0 Å². The second-order valence-corrected chi connectivity index (χ2v) is 2.92. The molecule has 0 N–H and O–H groups in total. The molecule has 0 unspecified atom stereocenters. The second kappa shape index (κ2) is 3.98. The topological polar surface area (TPSA) is 0 Å². The van der Waals surface area contributed by atoms with E-state index in [-0.39, 0.29) is 18.9 Å². The largest absolute Gasteiger partial charge is 0 e. The van der Waals surface area contributed by atoms with Crippen LogP contribution in [0.3, 0.4) is 0 Å². The maximum atomic E-state index is 2.24. The van der Waals surface area contributed by atoms with Crippen molar-refractivity contribution in [2.45, 2.75) is 0 Å². The molecule has 0 nitrogen and oxygen atoms in total. The molecule has 0 atom stereocenters. The summed E-state index contributed by atoms with van der Waals surface area (Å²) in [5.41, 5.74) is 0. The molecule has 0 aromatic carbocycles. The number of halogens is 1. The fraction of sp³-hybridized carbons (Fsp3) is 0. The third-order valence-corrected chi connectivity index (χ3v) is 2.06. The van der Waals surface area contributed by atoms with E-state index in [9.17, 15) is 0 Å². The Hall–Kier alpha value is 0.807.